The SMILES string of the molecule is CCc1ccc(NC(=O)CSc2nnc(-c3ccc(NC(=O)/C=C/c4ccccc4)cc3)n2C)cc1. The molecule has 2 amide bonds. The molecule has 4 rings (SSSR count). The molecule has 182 valence electrons. The molecule has 1 aromatic heterocycles. The Morgan fingerprint density at radius 1 is 0.889 bits per heavy atom. The second-order valence-corrected chi connectivity index (χ2v) is 9.01. The fourth-order valence-corrected chi connectivity index (χ4v) is 4.18. The van der Waals surface area contributed by atoms with Gasteiger partial charge >= 0.3 is 0 Å². The van der Waals surface area contributed by atoms with E-state index in [1.165, 1.54) is 23.4 Å². The molecule has 0 saturated carbocycles. The average Bonchev–Trinajstić information content (AvgIpc) is 3.28. The molecule has 2 N–H and O–H groups in total. The van der Waals surface area contributed by atoms with Crippen LogP contribution in [-0.4, -0.2) is 32.3 Å². The summed E-state index contributed by atoms with van der Waals surface area (Å²) >= 11 is 1.33. The molecule has 0 aliphatic rings. The molecule has 3 aromatic carbocycles. The number of carbonyl (C=O) groups excluding carboxylic acids is 2. The molecule has 0 saturated heterocycles. The molecular formula is C28H27N5O2S. The van der Waals surface area contributed by atoms with E-state index in [9.17, 15) is 9.59 Å². The molecule has 0 aliphatic carbocycles. The number of hydrogen-bond donors (Lipinski definition) is 2. The molecular weight excluding hydrogens is 470 g/mol. The van der Waals surface area contributed by atoms with Crippen LogP contribution in [0.2, 0.25) is 0 Å². The van der Waals surface area contributed by atoms with Crippen LogP contribution in [0, 0.1) is 0 Å². The Balaban J connectivity index is 1.32. The van der Waals surface area contributed by atoms with E-state index in [1.54, 1.807) is 6.08 Å². The summed E-state index contributed by atoms with van der Waals surface area (Å²) in [6, 6.07) is 24.9. The third-order valence-corrected chi connectivity index (χ3v) is 6.47. The van der Waals surface area contributed by atoms with Crippen molar-refractivity contribution in [1.29, 1.82) is 0 Å². The number of aromatic nitrogens is 3. The Morgan fingerprint density at radius 3 is 2.25 bits per heavy atom. The lowest BCUT2D eigenvalue weighted by Crippen LogP contribution is -2.14. The number of carbonyl (C=O) groups is 2. The standard InChI is InChI=1S/C28H27N5O2S/c1-3-20-9-14-23(15-10-20)30-26(35)19-36-28-32-31-27(33(28)2)22-12-16-24(17-13-22)29-25(34)18-11-21-7-5-4-6-8-21/h4-18H,3,19H2,1-2H3,(H,29,34)(H,30,35)/b18-11+. The molecule has 36 heavy (non-hydrogen) atoms. The third-order valence-electron chi connectivity index (χ3n) is 5.45. The predicted molar refractivity (Wildman–Crippen MR) is 146 cm³/mol. The van der Waals surface area contributed by atoms with Gasteiger partial charge in [-0.1, -0.05) is 61.2 Å². The van der Waals surface area contributed by atoms with Crippen LogP contribution in [0.1, 0.15) is 18.1 Å². The van der Waals surface area contributed by atoms with Crippen LogP contribution in [0.15, 0.2) is 90.1 Å². The van der Waals surface area contributed by atoms with Gasteiger partial charge in [0.05, 0.1) is 5.75 Å². The molecule has 0 fully saturated rings. The molecule has 8 heteroatoms. The lowest BCUT2D eigenvalue weighted by Gasteiger charge is -2.07. The topological polar surface area (TPSA) is 88.9 Å². The number of thioether (sulfide) groups is 1. The lowest BCUT2D eigenvalue weighted by atomic mass is 10.1. The van der Waals surface area contributed by atoms with Crippen molar-refractivity contribution in [3.8, 4) is 11.4 Å². The number of aryl methyl sites for hydroxylation is 1. The van der Waals surface area contributed by atoms with Gasteiger partial charge in [0, 0.05) is 30.1 Å². The first-order chi connectivity index (χ1) is 17.5. The molecule has 0 atom stereocenters. The van der Waals surface area contributed by atoms with Crippen molar-refractivity contribution in [2.45, 2.75) is 18.5 Å². The predicted octanol–water partition coefficient (Wildman–Crippen LogP) is 5.43. The van der Waals surface area contributed by atoms with E-state index in [2.05, 4.69) is 27.8 Å². The minimum atomic E-state index is -0.205. The molecule has 0 radical (unpaired) electrons. The minimum absolute atomic E-state index is 0.102. The number of nitrogens with zero attached hydrogens (tertiary/aromatic N) is 3. The Labute approximate surface area is 214 Å². The van der Waals surface area contributed by atoms with Crippen LogP contribution >= 0.6 is 11.8 Å². The van der Waals surface area contributed by atoms with Crippen LogP contribution in [-0.2, 0) is 23.1 Å². The van der Waals surface area contributed by atoms with Gasteiger partial charge in [-0.2, -0.15) is 0 Å². The average molecular weight is 498 g/mol. The van der Waals surface area contributed by atoms with Gasteiger partial charge in [-0.05, 0) is 60.0 Å². The van der Waals surface area contributed by atoms with Gasteiger partial charge in [0.1, 0.15) is 0 Å². The first-order valence-corrected chi connectivity index (χ1v) is 12.6. The van der Waals surface area contributed by atoms with E-state index in [-0.39, 0.29) is 17.6 Å². The van der Waals surface area contributed by atoms with E-state index < -0.39 is 0 Å². The van der Waals surface area contributed by atoms with Crippen molar-refractivity contribution >= 4 is 41.0 Å². The number of rotatable bonds is 9. The number of anilines is 2. The highest BCUT2D eigenvalue weighted by molar-refractivity contribution is 7.99. The van der Waals surface area contributed by atoms with Crippen LogP contribution < -0.4 is 10.6 Å². The summed E-state index contributed by atoms with van der Waals surface area (Å²) in [4.78, 5) is 24.6. The zero-order valence-electron chi connectivity index (χ0n) is 20.1. The summed E-state index contributed by atoms with van der Waals surface area (Å²) < 4.78 is 1.85. The monoisotopic (exact) mass is 497 g/mol. The quantitative estimate of drug-likeness (QED) is 0.238. The zero-order chi connectivity index (χ0) is 25.3. The Kier molecular flexibility index (Phi) is 8.31. The van der Waals surface area contributed by atoms with Crippen molar-refractivity contribution in [2.24, 2.45) is 7.05 Å². The van der Waals surface area contributed by atoms with Crippen LogP contribution in [0.4, 0.5) is 11.4 Å². The van der Waals surface area contributed by atoms with E-state index in [0.717, 1.165) is 23.2 Å². The van der Waals surface area contributed by atoms with Crippen LogP contribution in [0.5, 0.6) is 0 Å². The summed E-state index contributed by atoms with van der Waals surface area (Å²) in [7, 11) is 1.86. The Bertz CT molecular complexity index is 1350. The summed E-state index contributed by atoms with van der Waals surface area (Å²) in [5, 5.41) is 14.9. The minimum Gasteiger partial charge on any atom is -0.325 e. The lowest BCUT2D eigenvalue weighted by molar-refractivity contribution is -0.114. The second kappa shape index (κ2) is 12.0. The van der Waals surface area contributed by atoms with Crippen molar-refractivity contribution in [2.75, 3.05) is 16.4 Å². The molecule has 0 bridgehead atoms. The van der Waals surface area contributed by atoms with Crippen LogP contribution in [0.3, 0.4) is 0 Å². The van der Waals surface area contributed by atoms with E-state index in [4.69, 9.17) is 0 Å². The van der Waals surface area contributed by atoms with Gasteiger partial charge in [0.2, 0.25) is 11.8 Å². The maximum Gasteiger partial charge on any atom is 0.248 e. The summed E-state index contributed by atoms with van der Waals surface area (Å²) in [5.41, 5.74) is 4.50. The summed E-state index contributed by atoms with van der Waals surface area (Å²) in [6.07, 6.45) is 4.23. The highest BCUT2D eigenvalue weighted by Crippen LogP contribution is 2.24. The van der Waals surface area contributed by atoms with E-state index in [0.29, 0.717) is 16.7 Å². The van der Waals surface area contributed by atoms with Crippen molar-refractivity contribution in [3.05, 3.63) is 96.1 Å². The van der Waals surface area contributed by atoms with Crippen LogP contribution in [0.25, 0.3) is 17.5 Å². The van der Waals surface area contributed by atoms with Gasteiger partial charge in [-0.25, -0.2) is 0 Å². The fraction of sp³-hybridized carbons (Fsp3) is 0.143. The molecule has 0 unspecified atom stereocenters. The number of benzene rings is 3. The van der Waals surface area contributed by atoms with Gasteiger partial charge in [-0.15, -0.1) is 10.2 Å². The first kappa shape index (κ1) is 24.9. The maximum atomic E-state index is 12.4. The number of hydrogen-bond acceptors (Lipinski definition) is 5. The Hall–Kier alpha value is -4.17. The van der Waals surface area contributed by atoms with Crippen molar-refractivity contribution in [3.63, 3.8) is 0 Å². The first-order valence-electron chi connectivity index (χ1n) is 11.6. The van der Waals surface area contributed by atoms with Gasteiger partial charge in [0.15, 0.2) is 11.0 Å². The molecule has 1 heterocycles. The number of nitrogens with one attached hydrogen (secondary N) is 2. The number of amides is 2. The molecule has 0 spiro atoms. The van der Waals surface area contributed by atoms with Gasteiger partial charge in [0.25, 0.3) is 0 Å². The van der Waals surface area contributed by atoms with E-state index >= 15 is 0 Å². The molecule has 4 aromatic rings. The highest BCUT2D eigenvalue weighted by Gasteiger charge is 2.13. The smallest absolute Gasteiger partial charge is 0.248 e. The van der Waals surface area contributed by atoms with Gasteiger partial charge in [-0.3, -0.25) is 9.59 Å². The fourth-order valence-electron chi connectivity index (χ4n) is 3.47. The largest absolute Gasteiger partial charge is 0.325 e. The summed E-state index contributed by atoms with van der Waals surface area (Å²) in [6.45, 7) is 2.09. The van der Waals surface area contributed by atoms with Crippen molar-refractivity contribution in [1.82, 2.24) is 14.8 Å². The highest BCUT2D eigenvalue weighted by atomic mass is 32.2. The Morgan fingerprint density at radius 2 is 1.56 bits per heavy atom. The zero-order valence-corrected chi connectivity index (χ0v) is 21.0. The van der Waals surface area contributed by atoms with Crippen molar-refractivity contribution < 1.29 is 9.59 Å². The third kappa shape index (κ3) is 6.70. The maximum absolute atomic E-state index is 12.4. The molecule has 0 aliphatic heterocycles. The normalized spacial score (nSPS) is 10.9. The van der Waals surface area contributed by atoms with E-state index in [1.807, 2.05) is 90.5 Å². The second-order valence-electron chi connectivity index (χ2n) is 8.06. The van der Waals surface area contributed by atoms with Gasteiger partial charge < -0.3 is 15.2 Å². The molecule has 7 nitrogen and oxygen atoms in total. The summed E-state index contributed by atoms with van der Waals surface area (Å²) in [5.74, 6) is 0.594.